The van der Waals surface area contributed by atoms with Crippen LogP contribution in [0.15, 0.2) is 66.7 Å². The molecule has 1 aromatic heterocycles. The summed E-state index contributed by atoms with van der Waals surface area (Å²) >= 11 is 6.30. The summed E-state index contributed by atoms with van der Waals surface area (Å²) in [5.74, 6) is -1.44. The third-order valence-corrected chi connectivity index (χ3v) is 7.09. The molecule has 0 saturated carbocycles. The number of aromatic nitrogens is 1. The molecule has 0 radical (unpaired) electrons. The van der Waals surface area contributed by atoms with Crippen molar-refractivity contribution in [3.63, 3.8) is 0 Å². The Hall–Kier alpha value is -4.51. The van der Waals surface area contributed by atoms with E-state index in [1.165, 1.54) is 24.3 Å². The summed E-state index contributed by atoms with van der Waals surface area (Å²) in [5.41, 5.74) is 3.14. The second-order valence-corrected chi connectivity index (χ2v) is 10.7. The van der Waals surface area contributed by atoms with Gasteiger partial charge in [0.15, 0.2) is 0 Å². The van der Waals surface area contributed by atoms with Crippen LogP contribution in [0.2, 0.25) is 5.02 Å². The molecule has 8 nitrogen and oxygen atoms in total. The van der Waals surface area contributed by atoms with E-state index in [0.717, 1.165) is 11.1 Å². The van der Waals surface area contributed by atoms with Crippen molar-refractivity contribution in [3.05, 3.63) is 94.1 Å². The molecular weight excluding hydrogens is 585 g/mol. The van der Waals surface area contributed by atoms with E-state index in [1.54, 1.807) is 74.9 Å². The maximum Gasteiger partial charge on any atom is 0.573 e. The minimum atomic E-state index is -4.79. The highest BCUT2D eigenvalue weighted by Gasteiger charge is 2.31. The first-order valence-electron chi connectivity index (χ1n) is 13.4. The van der Waals surface area contributed by atoms with Crippen LogP contribution in [-0.4, -0.2) is 28.7 Å². The lowest BCUT2D eigenvalue weighted by Gasteiger charge is -2.16. The summed E-state index contributed by atoms with van der Waals surface area (Å²) in [6.45, 7) is 5.55. The van der Waals surface area contributed by atoms with E-state index >= 15 is 0 Å². The van der Waals surface area contributed by atoms with Gasteiger partial charge < -0.3 is 25.3 Å². The Morgan fingerprint density at radius 1 is 0.930 bits per heavy atom. The molecule has 43 heavy (non-hydrogen) atoms. The molecule has 1 heterocycles. The predicted octanol–water partition coefficient (Wildman–Crippen LogP) is 6.75. The van der Waals surface area contributed by atoms with Gasteiger partial charge in [0.2, 0.25) is 5.91 Å². The normalized spacial score (nSPS) is 12.2. The maximum atomic E-state index is 13.1. The van der Waals surface area contributed by atoms with E-state index in [4.69, 9.17) is 11.6 Å². The van der Waals surface area contributed by atoms with Crippen LogP contribution in [0.4, 0.5) is 18.9 Å². The van der Waals surface area contributed by atoms with Crippen LogP contribution in [0.3, 0.4) is 0 Å². The van der Waals surface area contributed by atoms with Crippen LogP contribution in [-0.2, 0) is 18.4 Å². The molecule has 1 atom stereocenters. The Kier molecular flexibility index (Phi) is 9.34. The second-order valence-electron chi connectivity index (χ2n) is 10.3. The Morgan fingerprint density at radius 2 is 1.63 bits per heavy atom. The number of aryl methyl sites for hydroxylation is 1. The molecule has 4 rings (SSSR count). The minimum Gasteiger partial charge on any atom is -0.406 e. The third-order valence-electron chi connectivity index (χ3n) is 6.76. The van der Waals surface area contributed by atoms with Crippen LogP contribution >= 0.6 is 11.6 Å². The molecule has 3 aromatic carbocycles. The number of nitrogens with zero attached hydrogens (tertiary/aromatic N) is 1. The molecule has 3 N–H and O–H groups in total. The summed E-state index contributed by atoms with van der Waals surface area (Å²) in [6, 6.07) is 16.6. The molecular formula is C31H30ClF3N4O4. The number of hydrogen-bond acceptors (Lipinski definition) is 4. The van der Waals surface area contributed by atoms with E-state index in [1.807, 2.05) is 0 Å². The average Bonchev–Trinajstić information content (AvgIpc) is 3.27. The van der Waals surface area contributed by atoms with Gasteiger partial charge in [0.25, 0.3) is 11.8 Å². The first-order chi connectivity index (χ1) is 20.2. The molecule has 0 bridgehead atoms. The molecule has 0 spiro atoms. The fourth-order valence-corrected chi connectivity index (χ4v) is 4.61. The van der Waals surface area contributed by atoms with Gasteiger partial charge in [-0.25, -0.2) is 0 Å². The molecule has 3 amide bonds. The summed E-state index contributed by atoms with van der Waals surface area (Å²) < 4.78 is 42.9. The van der Waals surface area contributed by atoms with Crippen LogP contribution in [0.25, 0.3) is 10.9 Å². The highest BCUT2D eigenvalue weighted by molar-refractivity contribution is 6.34. The minimum absolute atomic E-state index is 0.103. The summed E-state index contributed by atoms with van der Waals surface area (Å²) in [6.07, 6.45) is -4.79. The first kappa shape index (κ1) is 31.4. The van der Waals surface area contributed by atoms with Gasteiger partial charge in [0, 0.05) is 36.1 Å². The zero-order valence-electron chi connectivity index (χ0n) is 23.8. The van der Waals surface area contributed by atoms with Crippen LogP contribution in [0.5, 0.6) is 5.75 Å². The number of rotatable bonds is 9. The molecule has 226 valence electrons. The number of carbonyl (C=O) groups excluding carboxylic acids is 3. The molecule has 0 fully saturated rings. The van der Waals surface area contributed by atoms with E-state index in [0.29, 0.717) is 22.3 Å². The number of amides is 3. The number of hydrogen-bond donors (Lipinski definition) is 3. The van der Waals surface area contributed by atoms with Gasteiger partial charge in [0.05, 0.1) is 16.6 Å². The number of anilines is 1. The molecule has 0 aliphatic heterocycles. The number of benzene rings is 3. The Morgan fingerprint density at radius 3 is 2.28 bits per heavy atom. The van der Waals surface area contributed by atoms with Crippen LogP contribution < -0.4 is 20.7 Å². The lowest BCUT2D eigenvalue weighted by molar-refractivity contribution is -0.274. The van der Waals surface area contributed by atoms with E-state index < -0.39 is 18.3 Å². The smallest absolute Gasteiger partial charge is 0.406 e. The fraction of sp³-hybridized carbons (Fsp3) is 0.258. The number of ether oxygens (including phenoxy) is 1. The zero-order chi connectivity index (χ0) is 31.5. The molecule has 4 aromatic rings. The number of nitrogens with one attached hydrogen (secondary N) is 3. The maximum absolute atomic E-state index is 13.1. The van der Waals surface area contributed by atoms with Crippen molar-refractivity contribution in [1.29, 1.82) is 0 Å². The quantitative estimate of drug-likeness (QED) is 0.194. The number of fused-ring (bicyclic) bond motifs is 1. The van der Waals surface area contributed by atoms with Crippen molar-refractivity contribution in [1.82, 2.24) is 15.2 Å². The Bertz CT molecular complexity index is 1670. The Balaban J connectivity index is 1.45. The van der Waals surface area contributed by atoms with Gasteiger partial charge in [-0.2, -0.15) is 0 Å². The SMILES string of the molecule is CC(C)C(=O)NCc1ccc(Cl)c(C(=O)Nc2ccc3c(c2)cc(C(=O)NC(C)c2ccc(OC(F)(F)F)cc2)n3C)c1. The van der Waals surface area contributed by atoms with Crippen molar-refractivity contribution in [3.8, 4) is 5.75 Å². The number of alkyl halides is 3. The van der Waals surface area contributed by atoms with E-state index in [-0.39, 0.29) is 40.6 Å². The molecule has 1 unspecified atom stereocenters. The highest BCUT2D eigenvalue weighted by atomic mass is 35.5. The molecule has 12 heteroatoms. The van der Waals surface area contributed by atoms with Crippen molar-refractivity contribution in [2.24, 2.45) is 13.0 Å². The average molecular weight is 615 g/mol. The summed E-state index contributed by atoms with van der Waals surface area (Å²) in [4.78, 5) is 38.1. The van der Waals surface area contributed by atoms with Crippen LogP contribution in [0.1, 0.15) is 58.8 Å². The van der Waals surface area contributed by atoms with Crippen molar-refractivity contribution >= 4 is 45.9 Å². The summed E-state index contributed by atoms with van der Waals surface area (Å²) in [7, 11) is 1.73. The van der Waals surface area contributed by atoms with Crippen molar-refractivity contribution in [2.75, 3.05) is 5.32 Å². The largest absolute Gasteiger partial charge is 0.573 e. The van der Waals surface area contributed by atoms with Gasteiger partial charge in [-0.15, -0.1) is 13.2 Å². The predicted molar refractivity (Wildman–Crippen MR) is 158 cm³/mol. The van der Waals surface area contributed by atoms with Gasteiger partial charge >= 0.3 is 6.36 Å². The zero-order valence-corrected chi connectivity index (χ0v) is 24.6. The highest BCUT2D eigenvalue weighted by Crippen LogP contribution is 2.27. The van der Waals surface area contributed by atoms with Crippen molar-refractivity contribution in [2.45, 2.75) is 39.7 Å². The Labute approximate surface area is 251 Å². The first-order valence-corrected chi connectivity index (χ1v) is 13.7. The molecule has 0 aliphatic carbocycles. The second kappa shape index (κ2) is 12.8. The summed E-state index contributed by atoms with van der Waals surface area (Å²) in [5, 5.41) is 9.45. The van der Waals surface area contributed by atoms with Gasteiger partial charge in [-0.05, 0) is 66.6 Å². The van der Waals surface area contributed by atoms with Gasteiger partial charge in [-0.3, -0.25) is 14.4 Å². The monoisotopic (exact) mass is 614 g/mol. The number of halogens is 4. The topological polar surface area (TPSA) is 101 Å². The van der Waals surface area contributed by atoms with Crippen LogP contribution in [0, 0.1) is 5.92 Å². The third kappa shape index (κ3) is 7.86. The molecule has 0 saturated heterocycles. The standard InChI is InChI=1S/C31H30ClF3N4O4/c1-17(2)28(40)36-16-19-5-11-25(32)24(13-19)29(41)38-22-8-12-26-21(14-22)15-27(39(26)4)30(42)37-18(3)20-6-9-23(10-7-20)43-31(33,34)35/h5-15,17-18H,16H2,1-4H3,(H,36,40)(H,37,42)(H,38,41). The van der Waals surface area contributed by atoms with Crippen molar-refractivity contribution < 1.29 is 32.3 Å². The lowest BCUT2D eigenvalue weighted by atomic mass is 10.1. The lowest BCUT2D eigenvalue weighted by Crippen LogP contribution is -2.28. The van der Waals surface area contributed by atoms with Gasteiger partial charge in [0.1, 0.15) is 11.4 Å². The molecule has 0 aliphatic rings. The fourth-order valence-electron chi connectivity index (χ4n) is 4.41. The van der Waals surface area contributed by atoms with E-state index in [9.17, 15) is 27.6 Å². The number of carbonyl (C=O) groups is 3. The van der Waals surface area contributed by atoms with Gasteiger partial charge in [-0.1, -0.05) is 43.6 Å². The van der Waals surface area contributed by atoms with E-state index in [2.05, 4.69) is 20.7 Å².